The highest BCUT2D eigenvalue weighted by Crippen LogP contribution is 2.33. The number of carbonyl (C=O) groups is 1. The van der Waals surface area contributed by atoms with Crippen LogP contribution < -0.4 is 10.6 Å². The molecule has 7 heteroatoms. The molecule has 0 spiro atoms. The van der Waals surface area contributed by atoms with Gasteiger partial charge < -0.3 is 10.6 Å². The van der Waals surface area contributed by atoms with Gasteiger partial charge in [0, 0.05) is 11.6 Å². The first-order valence-electron chi connectivity index (χ1n) is 6.57. The Bertz CT molecular complexity index is 817. The number of hydrogen-bond donors (Lipinski definition) is 2. The number of nitrogens with one attached hydrogen (secondary N) is 2. The molecule has 1 amide bonds. The van der Waals surface area contributed by atoms with Crippen LogP contribution in [0.1, 0.15) is 6.42 Å². The van der Waals surface area contributed by atoms with E-state index in [4.69, 9.17) is 0 Å². The molecular formula is C14H15N3O3S. The summed E-state index contributed by atoms with van der Waals surface area (Å²) in [5, 5.41) is 6.83. The van der Waals surface area contributed by atoms with Crippen LogP contribution in [-0.4, -0.2) is 37.4 Å². The lowest BCUT2D eigenvalue weighted by Gasteiger charge is -2.27. The summed E-state index contributed by atoms with van der Waals surface area (Å²) in [6, 6.07) is 7.04. The van der Waals surface area contributed by atoms with Gasteiger partial charge in [-0.05, 0) is 12.5 Å². The fraction of sp³-hybridized carbons (Fsp3) is 0.286. The van der Waals surface area contributed by atoms with Crippen LogP contribution in [0.3, 0.4) is 0 Å². The molecule has 0 radical (unpaired) electrons. The fourth-order valence-electron chi connectivity index (χ4n) is 2.39. The minimum atomic E-state index is -3.10. The molecule has 1 aromatic carbocycles. The van der Waals surface area contributed by atoms with Crippen molar-refractivity contribution in [2.24, 2.45) is 0 Å². The van der Waals surface area contributed by atoms with Crippen LogP contribution in [0.4, 0.5) is 11.4 Å². The molecule has 1 aliphatic heterocycles. The van der Waals surface area contributed by atoms with Crippen LogP contribution in [0.5, 0.6) is 0 Å². The number of fused-ring (bicyclic) bond motifs is 3. The summed E-state index contributed by atoms with van der Waals surface area (Å²) in [7, 11) is -3.10. The van der Waals surface area contributed by atoms with E-state index < -0.39 is 15.9 Å². The third-order valence-electron chi connectivity index (χ3n) is 3.45. The van der Waals surface area contributed by atoms with Gasteiger partial charge in [0.1, 0.15) is 15.9 Å². The van der Waals surface area contributed by atoms with Crippen LogP contribution in [0, 0.1) is 0 Å². The Morgan fingerprint density at radius 2 is 2.05 bits per heavy atom. The maximum absolute atomic E-state index is 12.0. The zero-order valence-electron chi connectivity index (χ0n) is 11.5. The van der Waals surface area contributed by atoms with E-state index in [0.29, 0.717) is 5.69 Å². The van der Waals surface area contributed by atoms with Gasteiger partial charge in [-0.2, -0.15) is 0 Å². The zero-order valence-corrected chi connectivity index (χ0v) is 12.3. The normalized spacial score (nSPS) is 18.0. The fourth-order valence-corrected chi connectivity index (χ4v) is 3.05. The van der Waals surface area contributed by atoms with Crippen molar-refractivity contribution in [3.63, 3.8) is 0 Å². The lowest BCUT2D eigenvalue weighted by molar-refractivity contribution is -0.117. The van der Waals surface area contributed by atoms with Gasteiger partial charge in [0.2, 0.25) is 5.91 Å². The van der Waals surface area contributed by atoms with Crippen molar-refractivity contribution in [2.45, 2.75) is 12.5 Å². The molecule has 2 N–H and O–H groups in total. The van der Waals surface area contributed by atoms with Crippen molar-refractivity contribution in [3.8, 4) is 0 Å². The number of anilines is 2. The first-order valence-corrected chi connectivity index (χ1v) is 8.63. The van der Waals surface area contributed by atoms with Gasteiger partial charge in [-0.1, -0.05) is 18.2 Å². The quantitative estimate of drug-likeness (QED) is 0.895. The second-order valence-electron chi connectivity index (χ2n) is 5.17. The summed E-state index contributed by atoms with van der Waals surface area (Å²) >= 11 is 0. The molecule has 0 bridgehead atoms. The summed E-state index contributed by atoms with van der Waals surface area (Å²) in [5.74, 6) is -0.264. The molecule has 1 unspecified atom stereocenters. The summed E-state index contributed by atoms with van der Waals surface area (Å²) in [6.07, 6.45) is 3.01. The highest BCUT2D eigenvalue weighted by atomic mass is 32.2. The van der Waals surface area contributed by atoms with Gasteiger partial charge in [-0.3, -0.25) is 9.78 Å². The number of amides is 1. The molecule has 2 aromatic rings. The SMILES string of the molecule is CS(=O)(=O)CCC1Nc2c(cnc3ccccc23)NC1=O. The Balaban J connectivity index is 1.95. The van der Waals surface area contributed by atoms with Crippen molar-refractivity contribution >= 4 is 38.0 Å². The molecule has 21 heavy (non-hydrogen) atoms. The Kier molecular flexibility index (Phi) is 3.29. The molecule has 110 valence electrons. The molecule has 1 aliphatic rings. The first kappa shape index (κ1) is 13.8. The van der Waals surface area contributed by atoms with Gasteiger partial charge in [-0.15, -0.1) is 0 Å². The maximum atomic E-state index is 12.0. The van der Waals surface area contributed by atoms with Crippen molar-refractivity contribution in [1.82, 2.24) is 4.98 Å². The van der Waals surface area contributed by atoms with Gasteiger partial charge in [-0.25, -0.2) is 8.42 Å². The largest absolute Gasteiger partial charge is 0.371 e. The van der Waals surface area contributed by atoms with E-state index in [-0.39, 0.29) is 18.1 Å². The Labute approximate surface area is 122 Å². The maximum Gasteiger partial charge on any atom is 0.246 e. The van der Waals surface area contributed by atoms with E-state index in [1.54, 1.807) is 6.20 Å². The monoisotopic (exact) mass is 305 g/mol. The van der Waals surface area contributed by atoms with Crippen LogP contribution in [0.15, 0.2) is 30.5 Å². The molecule has 6 nitrogen and oxygen atoms in total. The highest BCUT2D eigenvalue weighted by Gasteiger charge is 2.27. The van der Waals surface area contributed by atoms with E-state index >= 15 is 0 Å². The second-order valence-corrected chi connectivity index (χ2v) is 7.43. The molecule has 0 saturated heterocycles. The average Bonchev–Trinajstić information content (AvgIpc) is 2.44. The molecule has 3 rings (SSSR count). The number of aromatic nitrogens is 1. The molecule has 2 heterocycles. The molecule has 0 fully saturated rings. The van der Waals surface area contributed by atoms with E-state index in [1.165, 1.54) is 6.26 Å². The number of para-hydroxylation sites is 1. The molecule has 1 aromatic heterocycles. The number of benzene rings is 1. The van der Waals surface area contributed by atoms with Crippen molar-refractivity contribution in [1.29, 1.82) is 0 Å². The lowest BCUT2D eigenvalue weighted by Crippen LogP contribution is -2.40. The smallest absolute Gasteiger partial charge is 0.246 e. The van der Waals surface area contributed by atoms with Crippen molar-refractivity contribution in [2.75, 3.05) is 22.6 Å². The van der Waals surface area contributed by atoms with Crippen molar-refractivity contribution < 1.29 is 13.2 Å². The summed E-state index contributed by atoms with van der Waals surface area (Å²) in [6.45, 7) is 0. The summed E-state index contributed by atoms with van der Waals surface area (Å²) in [4.78, 5) is 16.3. The minimum Gasteiger partial charge on any atom is -0.371 e. The lowest BCUT2D eigenvalue weighted by atomic mass is 10.1. The van der Waals surface area contributed by atoms with Crippen LogP contribution in [0.2, 0.25) is 0 Å². The third-order valence-corrected chi connectivity index (χ3v) is 4.42. The first-order chi connectivity index (χ1) is 9.94. The molecule has 0 aliphatic carbocycles. The Hall–Kier alpha value is -2.15. The van der Waals surface area contributed by atoms with Crippen LogP contribution >= 0.6 is 0 Å². The molecular weight excluding hydrogens is 290 g/mol. The summed E-state index contributed by atoms with van der Waals surface area (Å²) in [5.41, 5.74) is 2.23. The van der Waals surface area contributed by atoms with Crippen LogP contribution in [0.25, 0.3) is 10.9 Å². The zero-order chi connectivity index (χ0) is 15.0. The van der Waals surface area contributed by atoms with E-state index in [2.05, 4.69) is 15.6 Å². The van der Waals surface area contributed by atoms with Crippen LogP contribution in [-0.2, 0) is 14.6 Å². The Morgan fingerprint density at radius 1 is 1.29 bits per heavy atom. The Morgan fingerprint density at radius 3 is 2.81 bits per heavy atom. The standard InChI is InChI=1S/C14H15N3O3S/c1-21(19,20)7-6-11-14(18)17-12-8-15-10-5-3-2-4-9(10)13(12)16-11/h2-5,8,11,16H,6-7H2,1H3,(H,17,18). The number of pyridine rings is 1. The number of sulfone groups is 1. The second kappa shape index (κ2) is 5.00. The number of nitrogens with zero attached hydrogens (tertiary/aromatic N) is 1. The third kappa shape index (κ3) is 2.82. The molecule has 0 saturated carbocycles. The number of carbonyl (C=O) groups excluding carboxylic acids is 1. The summed E-state index contributed by atoms with van der Waals surface area (Å²) < 4.78 is 22.5. The van der Waals surface area contributed by atoms with Crippen molar-refractivity contribution in [3.05, 3.63) is 30.5 Å². The van der Waals surface area contributed by atoms with E-state index in [1.807, 2.05) is 24.3 Å². The number of hydrogen-bond acceptors (Lipinski definition) is 5. The van der Waals surface area contributed by atoms with E-state index in [9.17, 15) is 13.2 Å². The van der Waals surface area contributed by atoms with Gasteiger partial charge >= 0.3 is 0 Å². The highest BCUT2D eigenvalue weighted by molar-refractivity contribution is 7.90. The minimum absolute atomic E-state index is 0.0313. The topological polar surface area (TPSA) is 88.2 Å². The van der Waals surface area contributed by atoms with E-state index in [0.717, 1.165) is 16.6 Å². The van der Waals surface area contributed by atoms with Gasteiger partial charge in [0.15, 0.2) is 0 Å². The number of rotatable bonds is 3. The molecule has 1 atom stereocenters. The predicted octanol–water partition coefficient (Wildman–Crippen LogP) is 1.40. The predicted molar refractivity (Wildman–Crippen MR) is 82.1 cm³/mol. The van der Waals surface area contributed by atoms with Gasteiger partial charge in [0.25, 0.3) is 0 Å². The van der Waals surface area contributed by atoms with Gasteiger partial charge in [0.05, 0.1) is 28.8 Å². The average molecular weight is 305 g/mol.